The average molecular weight is 198 g/mol. The fourth-order valence-electron chi connectivity index (χ4n) is 1.30. The van der Waals surface area contributed by atoms with Gasteiger partial charge in [0.15, 0.2) is 0 Å². The van der Waals surface area contributed by atoms with Gasteiger partial charge in [0.1, 0.15) is 4.88 Å². The van der Waals surface area contributed by atoms with Crippen LogP contribution in [-0.2, 0) is 6.42 Å². The van der Waals surface area contributed by atoms with Crippen molar-refractivity contribution < 1.29 is 9.90 Å². The zero-order chi connectivity index (χ0) is 9.84. The summed E-state index contributed by atoms with van der Waals surface area (Å²) in [6.45, 7) is 4.06. The predicted octanol–water partition coefficient (Wildman–Crippen LogP) is 3.10. The molecule has 0 bridgehead atoms. The molecule has 0 saturated heterocycles. The highest BCUT2D eigenvalue weighted by atomic mass is 32.1. The minimum atomic E-state index is -0.788. The first kappa shape index (κ1) is 10.3. The van der Waals surface area contributed by atoms with Crippen molar-refractivity contribution in [1.29, 1.82) is 0 Å². The van der Waals surface area contributed by atoms with Gasteiger partial charge >= 0.3 is 5.97 Å². The van der Waals surface area contributed by atoms with Gasteiger partial charge in [0.05, 0.1) is 0 Å². The minimum absolute atomic E-state index is 0.519. The van der Waals surface area contributed by atoms with Crippen molar-refractivity contribution in [3.8, 4) is 0 Å². The fourth-order valence-corrected chi connectivity index (χ4v) is 2.20. The number of hydrogen-bond donors (Lipinski definition) is 1. The summed E-state index contributed by atoms with van der Waals surface area (Å²) in [5.74, 6) is -0.788. The van der Waals surface area contributed by atoms with Crippen molar-refractivity contribution in [2.24, 2.45) is 0 Å². The van der Waals surface area contributed by atoms with E-state index in [2.05, 4.69) is 6.92 Å². The Balaban J connectivity index is 2.84. The van der Waals surface area contributed by atoms with Gasteiger partial charge in [-0.3, -0.25) is 0 Å². The van der Waals surface area contributed by atoms with Crippen LogP contribution in [0.1, 0.15) is 39.9 Å². The Hall–Kier alpha value is -0.830. The van der Waals surface area contributed by atoms with Crippen molar-refractivity contribution in [1.82, 2.24) is 0 Å². The second-order valence-electron chi connectivity index (χ2n) is 3.12. The summed E-state index contributed by atoms with van der Waals surface area (Å²) in [7, 11) is 0. The van der Waals surface area contributed by atoms with Gasteiger partial charge in [0.25, 0.3) is 0 Å². The third-order valence-electron chi connectivity index (χ3n) is 1.93. The standard InChI is InChI=1S/C10H14O2S/c1-3-4-5-8-6-7(2)13-9(8)10(11)12/h6H,3-5H2,1-2H3,(H,11,12). The Morgan fingerprint density at radius 3 is 2.85 bits per heavy atom. The third-order valence-corrected chi connectivity index (χ3v) is 3.01. The molecule has 0 amide bonds. The molecule has 0 aliphatic heterocycles. The molecule has 0 aliphatic rings. The molecule has 1 heterocycles. The summed E-state index contributed by atoms with van der Waals surface area (Å²) in [5, 5.41) is 8.89. The van der Waals surface area contributed by atoms with E-state index >= 15 is 0 Å². The number of carboxylic acid groups (broad SMARTS) is 1. The van der Waals surface area contributed by atoms with Crippen LogP contribution in [0.2, 0.25) is 0 Å². The van der Waals surface area contributed by atoms with Crippen molar-refractivity contribution in [2.45, 2.75) is 33.1 Å². The molecule has 0 unspecified atom stereocenters. The molecule has 0 atom stereocenters. The first-order valence-corrected chi connectivity index (χ1v) is 5.29. The number of rotatable bonds is 4. The van der Waals surface area contributed by atoms with Crippen LogP contribution >= 0.6 is 11.3 Å². The maximum atomic E-state index is 10.8. The zero-order valence-corrected chi connectivity index (χ0v) is 8.78. The predicted molar refractivity (Wildman–Crippen MR) is 54.6 cm³/mol. The van der Waals surface area contributed by atoms with Crippen LogP contribution in [-0.4, -0.2) is 11.1 Å². The van der Waals surface area contributed by atoms with Gasteiger partial charge in [-0.05, 0) is 31.4 Å². The summed E-state index contributed by atoms with van der Waals surface area (Å²) in [6, 6.07) is 1.99. The van der Waals surface area contributed by atoms with Crippen molar-refractivity contribution >= 4 is 17.3 Å². The first-order chi connectivity index (χ1) is 6.15. The lowest BCUT2D eigenvalue weighted by Gasteiger charge is -1.96. The van der Waals surface area contributed by atoms with E-state index in [0.29, 0.717) is 4.88 Å². The van der Waals surface area contributed by atoms with Crippen LogP contribution < -0.4 is 0 Å². The summed E-state index contributed by atoms with van der Waals surface area (Å²) in [6.07, 6.45) is 3.06. The average Bonchev–Trinajstić information content (AvgIpc) is 2.43. The van der Waals surface area contributed by atoms with Gasteiger partial charge in [-0.2, -0.15) is 0 Å². The molecule has 1 rings (SSSR count). The molecule has 0 aliphatic carbocycles. The normalized spacial score (nSPS) is 10.3. The second kappa shape index (κ2) is 4.42. The van der Waals surface area contributed by atoms with E-state index in [-0.39, 0.29) is 0 Å². The molecule has 0 radical (unpaired) electrons. The van der Waals surface area contributed by atoms with Gasteiger partial charge in [-0.15, -0.1) is 11.3 Å². The van der Waals surface area contributed by atoms with Crippen LogP contribution in [0.4, 0.5) is 0 Å². The van der Waals surface area contributed by atoms with E-state index in [1.807, 2.05) is 13.0 Å². The SMILES string of the molecule is CCCCc1cc(C)sc1C(=O)O. The van der Waals surface area contributed by atoms with Crippen LogP contribution in [0.25, 0.3) is 0 Å². The van der Waals surface area contributed by atoms with Crippen LogP contribution in [0.15, 0.2) is 6.07 Å². The maximum Gasteiger partial charge on any atom is 0.346 e. The monoisotopic (exact) mass is 198 g/mol. The molecule has 3 heteroatoms. The minimum Gasteiger partial charge on any atom is -0.477 e. The van der Waals surface area contributed by atoms with Gasteiger partial charge in [-0.1, -0.05) is 13.3 Å². The number of carbonyl (C=O) groups is 1. The lowest BCUT2D eigenvalue weighted by atomic mass is 10.1. The molecule has 0 fully saturated rings. The molecule has 1 aromatic heterocycles. The van der Waals surface area contributed by atoms with E-state index in [0.717, 1.165) is 29.7 Å². The smallest absolute Gasteiger partial charge is 0.346 e. The molecule has 72 valence electrons. The quantitative estimate of drug-likeness (QED) is 0.807. The largest absolute Gasteiger partial charge is 0.477 e. The highest BCUT2D eigenvalue weighted by Gasteiger charge is 2.12. The highest BCUT2D eigenvalue weighted by molar-refractivity contribution is 7.14. The second-order valence-corrected chi connectivity index (χ2v) is 4.38. The summed E-state index contributed by atoms with van der Waals surface area (Å²) >= 11 is 1.37. The van der Waals surface area contributed by atoms with Gasteiger partial charge < -0.3 is 5.11 Å². The lowest BCUT2D eigenvalue weighted by molar-refractivity contribution is 0.0701. The van der Waals surface area contributed by atoms with Crippen LogP contribution in [0, 0.1) is 6.92 Å². The summed E-state index contributed by atoms with van der Waals surface area (Å²) < 4.78 is 0. The molecule has 1 aromatic rings. The first-order valence-electron chi connectivity index (χ1n) is 4.47. The van der Waals surface area contributed by atoms with Crippen molar-refractivity contribution in [3.05, 3.63) is 21.4 Å². The highest BCUT2D eigenvalue weighted by Crippen LogP contribution is 2.23. The van der Waals surface area contributed by atoms with Crippen LogP contribution in [0.5, 0.6) is 0 Å². The Morgan fingerprint density at radius 2 is 2.31 bits per heavy atom. The molecule has 0 saturated carbocycles. The number of aryl methyl sites for hydroxylation is 2. The zero-order valence-electron chi connectivity index (χ0n) is 7.96. The topological polar surface area (TPSA) is 37.3 Å². The molecule has 13 heavy (non-hydrogen) atoms. The Labute approximate surface area is 82.2 Å². The lowest BCUT2D eigenvalue weighted by Crippen LogP contribution is -1.97. The Morgan fingerprint density at radius 1 is 1.62 bits per heavy atom. The van der Waals surface area contributed by atoms with Crippen molar-refractivity contribution in [2.75, 3.05) is 0 Å². The van der Waals surface area contributed by atoms with Crippen LogP contribution in [0.3, 0.4) is 0 Å². The molecule has 0 spiro atoms. The summed E-state index contributed by atoms with van der Waals surface area (Å²) in [4.78, 5) is 12.4. The van der Waals surface area contributed by atoms with Gasteiger partial charge in [0, 0.05) is 4.88 Å². The van der Waals surface area contributed by atoms with Gasteiger partial charge in [0.2, 0.25) is 0 Å². The molecular weight excluding hydrogens is 184 g/mol. The van der Waals surface area contributed by atoms with E-state index in [4.69, 9.17) is 5.11 Å². The number of aromatic carboxylic acids is 1. The van der Waals surface area contributed by atoms with E-state index < -0.39 is 5.97 Å². The Kier molecular flexibility index (Phi) is 3.48. The molecule has 1 N–H and O–H groups in total. The Bertz CT molecular complexity index is 302. The van der Waals surface area contributed by atoms with Crippen molar-refractivity contribution in [3.63, 3.8) is 0 Å². The van der Waals surface area contributed by atoms with E-state index in [1.54, 1.807) is 0 Å². The maximum absolute atomic E-state index is 10.8. The number of unbranched alkanes of at least 4 members (excludes halogenated alkanes) is 1. The summed E-state index contributed by atoms with van der Waals surface area (Å²) in [5.41, 5.74) is 0.997. The molecule has 0 aromatic carbocycles. The van der Waals surface area contributed by atoms with E-state index in [9.17, 15) is 4.79 Å². The molecule has 2 nitrogen and oxygen atoms in total. The van der Waals surface area contributed by atoms with Gasteiger partial charge in [-0.25, -0.2) is 4.79 Å². The number of thiophene rings is 1. The van der Waals surface area contributed by atoms with E-state index in [1.165, 1.54) is 11.3 Å². The molecular formula is C10H14O2S. The number of hydrogen-bond acceptors (Lipinski definition) is 2. The third kappa shape index (κ3) is 2.56. The number of carboxylic acids is 1. The fraction of sp³-hybridized carbons (Fsp3) is 0.500.